The molecule has 0 saturated carbocycles. The van der Waals surface area contributed by atoms with E-state index in [1.54, 1.807) is 0 Å². The molecule has 0 radical (unpaired) electrons. The molecule has 0 saturated heterocycles. The summed E-state index contributed by atoms with van der Waals surface area (Å²) in [6.45, 7) is 7.30. The van der Waals surface area contributed by atoms with Gasteiger partial charge in [0.1, 0.15) is 6.20 Å². The van der Waals surface area contributed by atoms with E-state index in [4.69, 9.17) is 0 Å². The lowest BCUT2D eigenvalue weighted by Gasteiger charge is -2.21. The van der Waals surface area contributed by atoms with Crippen molar-refractivity contribution in [3.63, 3.8) is 0 Å². The summed E-state index contributed by atoms with van der Waals surface area (Å²) in [6, 6.07) is 0. The molecule has 3 heteroatoms. The van der Waals surface area contributed by atoms with Crippen molar-refractivity contribution >= 4 is 6.34 Å². The second kappa shape index (κ2) is 12.3. The summed E-state index contributed by atoms with van der Waals surface area (Å²) in [5, 5.41) is 0. The molecule has 0 spiro atoms. The summed E-state index contributed by atoms with van der Waals surface area (Å²) < 4.78 is 0.733. The van der Waals surface area contributed by atoms with E-state index in [1.165, 1.54) is 64.2 Å². The Balaban J connectivity index is 0.00000361. The monoisotopic (exact) mass is 342 g/mol. The van der Waals surface area contributed by atoms with Gasteiger partial charge >= 0.3 is 0 Å². The maximum Gasteiger partial charge on any atom is 0.199 e. The predicted octanol–water partition coefficient (Wildman–Crippen LogP) is 2.38. The summed E-state index contributed by atoms with van der Waals surface area (Å²) in [5.41, 5.74) is 0. The average Bonchev–Trinajstić information content (AvgIpc) is 2.90. The standard InChI is InChI=1S/C17H31N2.BrH/c1-3-5-6-7-8-9-10-11-12-13-15-19(4-2)16-14-18-17-19;/h4,14,16-17H,2-3,5-13,15H2,1H3;1H/q+1;/p-1. The van der Waals surface area contributed by atoms with Gasteiger partial charge in [-0.1, -0.05) is 58.3 Å². The van der Waals surface area contributed by atoms with E-state index in [9.17, 15) is 0 Å². The van der Waals surface area contributed by atoms with Crippen molar-refractivity contribution in [1.29, 1.82) is 0 Å². The van der Waals surface area contributed by atoms with Gasteiger partial charge in [-0.05, 0) is 19.4 Å². The number of unbranched alkanes of at least 4 members (excludes halogenated alkanes) is 9. The van der Waals surface area contributed by atoms with Crippen molar-refractivity contribution in [2.24, 2.45) is 4.99 Å². The van der Waals surface area contributed by atoms with E-state index < -0.39 is 0 Å². The topological polar surface area (TPSA) is 12.4 Å². The fraction of sp³-hybridized carbons (Fsp3) is 0.706. The molecule has 1 heterocycles. The number of rotatable bonds is 12. The van der Waals surface area contributed by atoms with Crippen LogP contribution in [0.15, 0.2) is 30.2 Å². The van der Waals surface area contributed by atoms with Crippen molar-refractivity contribution in [3.8, 4) is 0 Å². The molecular weight excluding hydrogens is 312 g/mol. The minimum Gasteiger partial charge on any atom is -1.00 e. The van der Waals surface area contributed by atoms with Gasteiger partial charge < -0.3 is 17.0 Å². The summed E-state index contributed by atoms with van der Waals surface area (Å²) in [5.74, 6) is 0. The molecule has 0 bridgehead atoms. The van der Waals surface area contributed by atoms with Crippen LogP contribution in [0.2, 0.25) is 0 Å². The third-order valence-corrected chi connectivity index (χ3v) is 3.95. The van der Waals surface area contributed by atoms with Gasteiger partial charge in [-0.2, -0.15) is 0 Å². The SMILES string of the molecule is C=C[N+]1(CCCCCCCCCCCC)C=CN=C1.[Br-]. The molecule has 0 amide bonds. The van der Waals surface area contributed by atoms with E-state index in [0.717, 1.165) is 11.0 Å². The highest BCUT2D eigenvalue weighted by Crippen LogP contribution is 2.15. The number of halogens is 1. The molecule has 20 heavy (non-hydrogen) atoms. The Bertz CT molecular complexity index is 285. The van der Waals surface area contributed by atoms with Crippen LogP contribution < -0.4 is 17.0 Å². The first-order chi connectivity index (χ1) is 9.33. The van der Waals surface area contributed by atoms with Gasteiger partial charge in [0.25, 0.3) is 0 Å². The Hall–Kier alpha value is -0.410. The summed E-state index contributed by atoms with van der Waals surface area (Å²) in [4.78, 5) is 4.17. The molecule has 0 aliphatic carbocycles. The van der Waals surface area contributed by atoms with Crippen molar-refractivity contribution in [2.75, 3.05) is 6.54 Å². The molecule has 0 fully saturated rings. The highest BCUT2D eigenvalue weighted by Gasteiger charge is 2.21. The molecule has 0 aromatic rings. The van der Waals surface area contributed by atoms with E-state index in [2.05, 4.69) is 24.7 Å². The summed E-state index contributed by atoms with van der Waals surface area (Å²) in [7, 11) is 0. The smallest absolute Gasteiger partial charge is 0.199 e. The number of aliphatic imine (C=N–C) groups is 1. The van der Waals surface area contributed by atoms with Gasteiger partial charge in [0.2, 0.25) is 0 Å². The van der Waals surface area contributed by atoms with Crippen LogP contribution in [0.25, 0.3) is 0 Å². The zero-order valence-electron chi connectivity index (χ0n) is 13.1. The Morgan fingerprint density at radius 3 is 1.95 bits per heavy atom. The van der Waals surface area contributed by atoms with Crippen molar-refractivity contribution in [3.05, 3.63) is 25.2 Å². The molecule has 116 valence electrons. The van der Waals surface area contributed by atoms with Gasteiger partial charge in [-0.25, -0.2) is 9.48 Å². The van der Waals surface area contributed by atoms with Crippen LogP contribution in [0.5, 0.6) is 0 Å². The lowest BCUT2D eigenvalue weighted by molar-refractivity contribution is -0.721. The lowest BCUT2D eigenvalue weighted by Crippen LogP contribution is -3.00. The Morgan fingerprint density at radius 1 is 0.950 bits per heavy atom. The van der Waals surface area contributed by atoms with Crippen LogP contribution in [0, 0.1) is 0 Å². The van der Waals surface area contributed by atoms with E-state index in [1.807, 2.05) is 18.7 Å². The van der Waals surface area contributed by atoms with Crippen LogP contribution >= 0.6 is 0 Å². The minimum absolute atomic E-state index is 0. The van der Waals surface area contributed by atoms with Crippen molar-refractivity contribution in [2.45, 2.75) is 71.1 Å². The molecule has 1 rings (SSSR count). The zero-order valence-corrected chi connectivity index (χ0v) is 14.7. The van der Waals surface area contributed by atoms with Gasteiger partial charge in [-0.15, -0.1) is 0 Å². The Morgan fingerprint density at radius 2 is 1.50 bits per heavy atom. The van der Waals surface area contributed by atoms with Crippen molar-refractivity contribution in [1.82, 2.24) is 0 Å². The van der Waals surface area contributed by atoms with Crippen LogP contribution in [0.1, 0.15) is 71.1 Å². The second-order valence-electron chi connectivity index (χ2n) is 5.65. The van der Waals surface area contributed by atoms with Gasteiger partial charge in [-0.3, -0.25) is 0 Å². The Labute approximate surface area is 136 Å². The van der Waals surface area contributed by atoms with Crippen LogP contribution in [0.4, 0.5) is 0 Å². The van der Waals surface area contributed by atoms with Crippen molar-refractivity contribution < 1.29 is 21.5 Å². The molecule has 1 aliphatic heterocycles. The molecule has 0 aromatic carbocycles. The first-order valence-corrected chi connectivity index (χ1v) is 8.06. The number of nitrogens with zero attached hydrogens (tertiary/aromatic N) is 2. The maximum atomic E-state index is 4.17. The minimum atomic E-state index is 0. The predicted molar refractivity (Wildman–Crippen MR) is 84.8 cm³/mol. The van der Waals surface area contributed by atoms with E-state index in [0.29, 0.717) is 0 Å². The van der Waals surface area contributed by atoms with E-state index in [-0.39, 0.29) is 17.0 Å². The van der Waals surface area contributed by atoms with Crippen LogP contribution in [-0.4, -0.2) is 17.4 Å². The second-order valence-corrected chi connectivity index (χ2v) is 5.65. The first kappa shape index (κ1) is 19.6. The highest BCUT2D eigenvalue weighted by atomic mass is 79.9. The molecular formula is C17H31BrN2. The summed E-state index contributed by atoms with van der Waals surface area (Å²) >= 11 is 0. The average molecular weight is 343 g/mol. The molecule has 1 atom stereocenters. The molecule has 1 aliphatic rings. The maximum absolute atomic E-state index is 4.17. The van der Waals surface area contributed by atoms with Gasteiger partial charge in [0.05, 0.1) is 18.9 Å². The van der Waals surface area contributed by atoms with Gasteiger partial charge in [0, 0.05) is 0 Å². The fourth-order valence-corrected chi connectivity index (χ4v) is 2.57. The first-order valence-electron chi connectivity index (χ1n) is 8.06. The third kappa shape index (κ3) is 8.01. The molecule has 0 aromatic heterocycles. The largest absolute Gasteiger partial charge is 1.00 e. The number of hydrogen-bond donors (Lipinski definition) is 0. The normalized spacial score (nSPS) is 20.1. The third-order valence-electron chi connectivity index (χ3n) is 3.95. The van der Waals surface area contributed by atoms with Gasteiger partial charge in [0.15, 0.2) is 6.34 Å². The lowest BCUT2D eigenvalue weighted by atomic mass is 10.1. The van der Waals surface area contributed by atoms with E-state index >= 15 is 0 Å². The molecule has 0 N–H and O–H groups in total. The quantitative estimate of drug-likeness (QED) is 0.381. The number of quaternary nitrogens is 1. The number of hydrogen-bond acceptors (Lipinski definition) is 1. The molecule has 1 unspecified atom stereocenters. The Kier molecular flexibility index (Phi) is 12.1. The summed E-state index contributed by atoms with van der Waals surface area (Å²) in [6.07, 6.45) is 21.8. The van der Waals surface area contributed by atoms with Crippen LogP contribution in [0.3, 0.4) is 0 Å². The fourth-order valence-electron chi connectivity index (χ4n) is 2.57. The molecule has 2 nitrogen and oxygen atoms in total. The zero-order chi connectivity index (χ0) is 13.8. The van der Waals surface area contributed by atoms with Crippen LogP contribution in [-0.2, 0) is 0 Å². The highest BCUT2D eigenvalue weighted by molar-refractivity contribution is 5.51.